The van der Waals surface area contributed by atoms with Crippen molar-refractivity contribution in [1.29, 1.82) is 0 Å². The molecule has 1 heterocycles. The normalized spacial score (nSPS) is 15.3. The Hall–Kier alpha value is -2.38. The molecule has 1 aliphatic rings. The number of hydrogen-bond acceptors (Lipinski definition) is 4. The SMILES string of the molecule is CCc1ccc([C@@H](C)NS(=O)(=O)c2ccc(OC)c(C(=O)N3CCCC3)c2)cc1. The van der Waals surface area contributed by atoms with E-state index in [-0.39, 0.29) is 16.4 Å². The number of sulfonamides is 1. The van der Waals surface area contributed by atoms with Gasteiger partial charge in [-0.3, -0.25) is 4.79 Å². The van der Waals surface area contributed by atoms with Crippen LogP contribution in [0.1, 0.15) is 54.2 Å². The lowest BCUT2D eigenvalue weighted by Crippen LogP contribution is -2.29. The Labute approximate surface area is 172 Å². The third-order valence-corrected chi connectivity index (χ3v) is 6.86. The summed E-state index contributed by atoms with van der Waals surface area (Å²) >= 11 is 0. The van der Waals surface area contributed by atoms with Crippen LogP contribution in [-0.2, 0) is 16.4 Å². The van der Waals surface area contributed by atoms with Crippen molar-refractivity contribution >= 4 is 15.9 Å². The van der Waals surface area contributed by atoms with Crippen LogP contribution in [0.3, 0.4) is 0 Å². The number of nitrogens with one attached hydrogen (secondary N) is 1. The Balaban J connectivity index is 1.85. The number of amides is 1. The number of carbonyl (C=O) groups excluding carboxylic acids is 1. The van der Waals surface area contributed by atoms with E-state index in [4.69, 9.17) is 4.74 Å². The fourth-order valence-corrected chi connectivity index (χ4v) is 4.78. The first-order valence-electron chi connectivity index (χ1n) is 9.94. The molecule has 0 aromatic heterocycles. The molecular weight excluding hydrogens is 388 g/mol. The summed E-state index contributed by atoms with van der Waals surface area (Å²) in [5.41, 5.74) is 2.36. The number of nitrogens with zero attached hydrogens (tertiary/aromatic N) is 1. The summed E-state index contributed by atoms with van der Waals surface area (Å²) in [5.74, 6) is 0.184. The van der Waals surface area contributed by atoms with Gasteiger partial charge in [0.25, 0.3) is 5.91 Å². The summed E-state index contributed by atoms with van der Waals surface area (Å²) in [7, 11) is -2.33. The number of carbonyl (C=O) groups is 1. The van der Waals surface area contributed by atoms with Crippen LogP contribution in [0.2, 0.25) is 0 Å². The second-order valence-electron chi connectivity index (χ2n) is 7.30. The van der Waals surface area contributed by atoms with Crippen LogP contribution in [0.5, 0.6) is 5.75 Å². The van der Waals surface area contributed by atoms with E-state index in [1.165, 1.54) is 24.8 Å². The predicted molar refractivity (Wildman–Crippen MR) is 113 cm³/mol. The molecule has 0 radical (unpaired) electrons. The number of rotatable bonds is 7. The van der Waals surface area contributed by atoms with Crippen LogP contribution in [-0.4, -0.2) is 39.4 Å². The van der Waals surface area contributed by atoms with Gasteiger partial charge in [0.2, 0.25) is 10.0 Å². The molecular formula is C22H28N2O4S. The average molecular weight is 417 g/mol. The van der Waals surface area contributed by atoms with Crippen molar-refractivity contribution in [3.8, 4) is 5.75 Å². The average Bonchev–Trinajstić information content (AvgIpc) is 3.27. The Morgan fingerprint density at radius 3 is 2.38 bits per heavy atom. The maximum Gasteiger partial charge on any atom is 0.257 e. The van der Waals surface area contributed by atoms with Crippen LogP contribution in [0, 0.1) is 0 Å². The van der Waals surface area contributed by atoms with Crippen LogP contribution in [0.15, 0.2) is 47.4 Å². The summed E-state index contributed by atoms with van der Waals surface area (Å²) in [6, 6.07) is 11.9. The second kappa shape index (κ2) is 8.97. The number of aryl methyl sites for hydroxylation is 1. The molecule has 3 rings (SSSR count). The van der Waals surface area contributed by atoms with Gasteiger partial charge in [-0.2, -0.15) is 0 Å². The van der Waals surface area contributed by atoms with Gasteiger partial charge in [0.15, 0.2) is 0 Å². The lowest BCUT2D eigenvalue weighted by atomic mass is 10.1. The first kappa shape index (κ1) is 21.3. The van der Waals surface area contributed by atoms with Crippen molar-refractivity contribution in [2.45, 2.75) is 44.0 Å². The third-order valence-electron chi connectivity index (χ3n) is 5.32. The monoisotopic (exact) mass is 416 g/mol. The molecule has 0 bridgehead atoms. The Morgan fingerprint density at radius 2 is 1.79 bits per heavy atom. The van der Waals surface area contributed by atoms with Gasteiger partial charge in [0.05, 0.1) is 17.6 Å². The van der Waals surface area contributed by atoms with Crippen LogP contribution < -0.4 is 9.46 Å². The first-order valence-corrected chi connectivity index (χ1v) is 11.4. The first-order chi connectivity index (χ1) is 13.9. The molecule has 29 heavy (non-hydrogen) atoms. The molecule has 7 heteroatoms. The van der Waals surface area contributed by atoms with Crippen LogP contribution in [0.25, 0.3) is 0 Å². The highest BCUT2D eigenvalue weighted by Crippen LogP contribution is 2.26. The number of hydrogen-bond donors (Lipinski definition) is 1. The van der Waals surface area contributed by atoms with Crippen molar-refractivity contribution < 1.29 is 17.9 Å². The summed E-state index contributed by atoms with van der Waals surface area (Å²) in [6.07, 6.45) is 2.85. The van der Waals surface area contributed by atoms with Gasteiger partial charge in [-0.15, -0.1) is 0 Å². The van der Waals surface area contributed by atoms with Gasteiger partial charge in [-0.1, -0.05) is 31.2 Å². The molecule has 1 amide bonds. The van der Waals surface area contributed by atoms with Crippen molar-refractivity contribution in [3.05, 3.63) is 59.2 Å². The lowest BCUT2D eigenvalue weighted by molar-refractivity contribution is 0.0789. The molecule has 1 aliphatic heterocycles. The van der Waals surface area contributed by atoms with Crippen molar-refractivity contribution in [2.75, 3.05) is 20.2 Å². The largest absolute Gasteiger partial charge is 0.496 e. The summed E-state index contributed by atoms with van der Waals surface area (Å²) in [6.45, 7) is 5.24. The predicted octanol–water partition coefficient (Wildman–Crippen LogP) is 3.53. The summed E-state index contributed by atoms with van der Waals surface area (Å²) in [5, 5.41) is 0. The van der Waals surface area contributed by atoms with Gasteiger partial charge >= 0.3 is 0 Å². The number of likely N-dealkylation sites (tertiary alicyclic amines) is 1. The molecule has 156 valence electrons. The van der Waals surface area contributed by atoms with E-state index < -0.39 is 16.1 Å². The topological polar surface area (TPSA) is 75.7 Å². The van der Waals surface area contributed by atoms with E-state index in [1.807, 2.05) is 24.3 Å². The van der Waals surface area contributed by atoms with E-state index in [0.717, 1.165) is 24.8 Å². The summed E-state index contributed by atoms with van der Waals surface area (Å²) < 4.78 is 33.9. The third kappa shape index (κ3) is 4.79. The standard InChI is InChI=1S/C22H28N2O4S/c1-4-17-7-9-18(10-8-17)16(2)23-29(26,27)19-11-12-21(28-3)20(15-19)22(25)24-13-5-6-14-24/h7-12,15-16,23H,4-6,13-14H2,1-3H3/t16-/m1/s1. The van der Waals surface area contributed by atoms with Crippen molar-refractivity contribution in [2.24, 2.45) is 0 Å². The zero-order chi connectivity index (χ0) is 21.0. The van der Waals surface area contributed by atoms with E-state index in [1.54, 1.807) is 17.9 Å². The quantitative estimate of drug-likeness (QED) is 0.749. The summed E-state index contributed by atoms with van der Waals surface area (Å²) in [4.78, 5) is 14.6. The van der Waals surface area contributed by atoms with E-state index in [2.05, 4.69) is 11.6 Å². The minimum Gasteiger partial charge on any atom is -0.496 e. The molecule has 0 unspecified atom stereocenters. The minimum atomic E-state index is -3.80. The molecule has 2 aromatic carbocycles. The Bertz CT molecular complexity index is 965. The van der Waals surface area contributed by atoms with Gasteiger partial charge in [-0.05, 0) is 55.5 Å². The molecule has 0 spiro atoms. The van der Waals surface area contributed by atoms with Gasteiger partial charge in [-0.25, -0.2) is 13.1 Å². The van der Waals surface area contributed by atoms with Gasteiger partial charge < -0.3 is 9.64 Å². The fraction of sp³-hybridized carbons (Fsp3) is 0.409. The van der Waals surface area contributed by atoms with Gasteiger partial charge in [0, 0.05) is 19.1 Å². The van der Waals surface area contributed by atoms with E-state index in [0.29, 0.717) is 18.8 Å². The highest BCUT2D eigenvalue weighted by atomic mass is 32.2. The highest BCUT2D eigenvalue weighted by Gasteiger charge is 2.26. The molecule has 1 fully saturated rings. The molecule has 1 N–H and O–H groups in total. The minimum absolute atomic E-state index is 0.0536. The zero-order valence-corrected chi connectivity index (χ0v) is 18.0. The molecule has 0 aliphatic carbocycles. The maximum atomic E-state index is 13.0. The Kier molecular flexibility index (Phi) is 6.59. The second-order valence-corrected chi connectivity index (χ2v) is 9.01. The van der Waals surface area contributed by atoms with E-state index in [9.17, 15) is 13.2 Å². The smallest absolute Gasteiger partial charge is 0.257 e. The molecule has 0 saturated carbocycles. The lowest BCUT2D eigenvalue weighted by Gasteiger charge is -2.19. The highest BCUT2D eigenvalue weighted by molar-refractivity contribution is 7.89. The van der Waals surface area contributed by atoms with Crippen LogP contribution in [0.4, 0.5) is 0 Å². The van der Waals surface area contributed by atoms with Gasteiger partial charge in [0.1, 0.15) is 5.75 Å². The van der Waals surface area contributed by atoms with Crippen molar-refractivity contribution in [3.63, 3.8) is 0 Å². The molecule has 2 aromatic rings. The molecule has 1 atom stereocenters. The van der Waals surface area contributed by atoms with Crippen LogP contribution >= 0.6 is 0 Å². The fourth-order valence-electron chi connectivity index (χ4n) is 3.52. The maximum absolute atomic E-state index is 13.0. The molecule has 6 nitrogen and oxygen atoms in total. The van der Waals surface area contributed by atoms with E-state index >= 15 is 0 Å². The van der Waals surface area contributed by atoms with Crippen molar-refractivity contribution in [1.82, 2.24) is 9.62 Å². The number of benzene rings is 2. The Morgan fingerprint density at radius 1 is 1.14 bits per heavy atom. The molecule has 1 saturated heterocycles. The zero-order valence-electron chi connectivity index (χ0n) is 17.1. The number of methoxy groups -OCH3 is 1. The number of ether oxygens (including phenoxy) is 1.